The molecule has 0 spiro atoms. The summed E-state index contributed by atoms with van der Waals surface area (Å²) in [5.41, 5.74) is 0.176. The number of hydrogen-bond acceptors (Lipinski definition) is 1. The third-order valence-electron chi connectivity index (χ3n) is 1.10. The Morgan fingerprint density at radius 2 is 1.92 bits per heavy atom. The summed E-state index contributed by atoms with van der Waals surface area (Å²) >= 11 is 5.38. The maximum atomic E-state index is 9.60. The van der Waals surface area contributed by atoms with Crippen molar-refractivity contribution in [3.8, 4) is 0 Å². The highest BCUT2D eigenvalue weighted by atomic mass is 35.5. The molecule has 0 unspecified atom stereocenters. The van der Waals surface area contributed by atoms with Gasteiger partial charge in [0.05, 0.1) is 0 Å². The number of unbranched alkanes of at least 4 members (excludes halogenated alkanes) is 2. The topological polar surface area (TPSA) is 37.3 Å². The Labute approximate surface area is 79.2 Å². The highest BCUT2D eigenvalue weighted by Gasteiger charge is 1.90. The Balaban J connectivity index is 0. The molecule has 1 N–H and O–H groups in total. The second kappa shape index (κ2) is 10.5. The van der Waals surface area contributed by atoms with Gasteiger partial charge in [-0.2, -0.15) is 0 Å². The van der Waals surface area contributed by atoms with Crippen molar-refractivity contribution in [3.05, 3.63) is 12.2 Å². The molecule has 0 saturated carbocycles. The molecule has 0 amide bonds. The third-order valence-corrected chi connectivity index (χ3v) is 1.37. The first kappa shape index (κ1) is 14.0. The minimum Gasteiger partial charge on any atom is -0.478 e. The quantitative estimate of drug-likeness (QED) is 0.422. The van der Waals surface area contributed by atoms with Gasteiger partial charge in [0.25, 0.3) is 0 Å². The lowest BCUT2D eigenvalue weighted by molar-refractivity contribution is -0.132. The predicted octanol–water partition coefficient (Wildman–Crippen LogP) is 3.06. The van der Waals surface area contributed by atoms with Gasteiger partial charge in [-0.3, -0.25) is 0 Å². The molecule has 0 aromatic rings. The zero-order chi connectivity index (χ0) is 9.98. The molecular weight excluding hydrogens is 176 g/mol. The van der Waals surface area contributed by atoms with Crippen LogP contribution in [-0.2, 0) is 4.79 Å². The molecule has 0 fully saturated rings. The summed E-state index contributed by atoms with van der Waals surface area (Å²) in [6, 6.07) is 0. The maximum absolute atomic E-state index is 9.60. The summed E-state index contributed by atoms with van der Waals surface area (Å²) in [7, 11) is 0. The minimum absolute atomic E-state index is 0.176. The van der Waals surface area contributed by atoms with E-state index in [4.69, 9.17) is 16.7 Å². The van der Waals surface area contributed by atoms with Gasteiger partial charge in [-0.15, -0.1) is 11.6 Å². The van der Waals surface area contributed by atoms with Gasteiger partial charge in [0.2, 0.25) is 0 Å². The SMILES string of the molecule is C=C(C)C(=O)O.CCCCCCl. The molecule has 0 rings (SSSR count). The highest BCUT2D eigenvalue weighted by molar-refractivity contribution is 6.17. The lowest BCUT2D eigenvalue weighted by Crippen LogP contribution is -1.92. The van der Waals surface area contributed by atoms with Crippen LogP contribution in [0.25, 0.3) is 0 Å². The van der Waals surface area contributed by atoms with Gasteiger partial charge in [-0.25, -0.2) is 4.79 Å². The molecule has 0 aliphatic rings. The van der Waals surface area contributed by atoms with Crippen LogP contribution >= 0.6 is 11.6 Å². The van der Waals surface area contributed by atoms with Crippen molar-refractivity contribution in [2.24, 2.45) is 0 Å². The molecule has 0 aliphatic carbocycles. The number of carboxylic acid groups (broad SMARTS) is 1. The summed E-state index contributed by atoms with van der Waals surface area (Å²) in [4.78, 5) is 9.60. The van der Waals surface area contributed by atoms with Crippen LogP contribution in [0.4, 0.5) is 0 Å². The van der Waals surface area contributed by atoms with Crippen molar-refractivity contribution >= 4 is 17.6 Å². The fourth-order valence-corrected chi connectivity index (χ4v) is 0.533. The number of aliphatic carboxylic acids is 1. The first-order valence-corrected chi connectivity index (χ1v) is 4.54. The van der Waals surface area contributed by atoms with Crippen LogP contribution in [0.15, 0.2) is 12.2 Å². The second-order valence-corrected chi connectivity index (χ2v) is 2.86. The Morgan fingerprint density at radius 1 is 1.50 bits per heavy atom. The van der Waals surface area contributed by atoms with E-state index in [0.717, 1.165) is 5.88 Å². The number of carboxylic acids is 1. The van der Waals surface area contributed by atoms with Gasteiger partial charge in [0, 0.05) is 11.5 Å². The predicted molar refractivity (Wildman–Crippen MR) is 52.7 cm³/mol. The largest absolute Gasteiger partial charge is 0.478 e. The molecule has 0 aliphatic heterocycles. The zero-order valence-electron chi connectivity index (χ0n) is 7.77. The molecule has 0 saturated heterocycles. The number of hydrogen-bond donors (Lipinski definition) is 1. The van der Waals surface area contributed by atoms with Crippen LogP contribution < -0.4 is 0 Å². The van der Waals surface area contributed by atoms with Gasteiger partial charge in [-0.05, 0) is 13.3 Å². The van der Waals surface area contributed by atoms with Crippen LogP contribution in [0, 0.1) is 0 Å². The summed E-state index contributed by atoms with van der Waals surface area (Å²) in [5.74, 6) is -0.108. The molecule has 2 nitrogen and oxygen atoms in total. The van der Waals surface area contributed by atoms with Gasteiger partial charge in [-0.1, -0.05) is 26.3 Å². The van der Waals surface area contributed by atoms with E-state index in [0.29, 0.717) is 0 Å². The fourth-order valence-electron chi connectivity index (χ4n) is 0.344. The molecule has 0 bridgehead atoms. The Hall–Kier alpha value is -0.500. The van der Waals surface area contributed by atoms with Crippen molar-refractivity contribution < 1.29 is 9.90 Å². The monoisotopic (exact) mass is 192 g/mol. The number of alkyl halides is 1. The van der Waals surface area contributed by atoms with Crippen molar-refractivity contribution in [3.63, 3.8) is 0 Å². The lowest BCUT2D eigenvalue weighted by atomic mass is 10.3. The third kappa shape index (κ3) is 16.2. The van der Waals surface area contributed by atoms with E-state index >= 15 is 0 Å². The van der Waals surface area contributed by atoms with Crippen molar-refractivity contribution in [1.29, 1.82) is 0 Å². The van der Waals surface area contributed by atoms with Gasteiger partial charge >= 0.3 is 5.97 Å². The molecular formula is C9H17ClO2. The summed E-state index contributed by atoms with van der Waals surface area (Å²) in [6.45, 7) is 6.78. The minimum atomic E-state index is -0.935. The van der Waals surface area contributed by atoms with Crippen molar-refractivity contribution in [2.45, 2.75) is 33.1 Å². The van der Waals surface area contributed by atoms with Gasteiger partial charge in [0.1, 0.15) is 0 Å². The van der Waals surface area contributed by atoms with Crippen LogP contribution in [0.1, 0.15) is 33.1 Å². The molecule has 3 heteroatoms. The van der Waals surface area contributed by atoms with Crippen LogP contribution in [-0.4, -0.2) is 17.0 Å². The van der Waals surface area contributed by atoms with Crippen LogP contribution in [0.5, 0.6) is 0 Å². The highest BCUT2D eigenvalue weighted by Crippen LogP contribution is 1.93. The number of halogens is 1. The van der Waals surface area contributed by atoms with E-state index < -0.39 is 5.97 Å². The molecule has 72 valence electrons. The van der Waals surface area contributed by atoms with E-state index in [-0.39, 0.29) is 5.57 Å². The van der Waals surface area contributed by atoms with E-state index in [2.05, 4.69) is 13.5 Å². The average molecular weight is 193 g/mol. The molecule has 0 aromatic carbocycles. The standard InChI is InChI=1S/C5H11Cl.C4H6O2/c1-2-3-4-5-6;1-3(2)4(5)6/h2-5H2,1H3;1H2,2H3,(H,5,6). The first-order valence-electron chi connectivity index (χ1n) is 4.01. The van der Waals surface area contributed by atoms with E-state index in [1.165, 1.54) is 26.2 Å². The zero-order valence-corrected chi connectivity index (χ0v) is 8.52. The average Bonchev–Trinajstić information content (AvgIpc) is 2.02. The summed E-state index contributed by atoms with van der Waals surface area (Å²) in [5, 5.41) is 7.89. The van der Waals surface area contributed by atoms with E-state index in [1.54, 1.807) is 0 Å². The van der Waals surface area contributed by atoms with Crippen molar-refractivity contribution in [1.82, 2.24) is 0 Å². The van der Waals surface area contributed by atoms with Gasteiger partial charge in [0.15, 0.2) is 0 Å². The van der Waals surface area contributed by atoms with Crippen LogP contribution in [0.2, 0.25) is 0 Å². The van der Waals surface area contributed by atoms with E-state index in [9.17, 15) is 4.79 Å². The molecule has 0 radical (unpaired) electrons. The lowest BCUT2D eigenvalue weighted by Gasteiger charge is -1.84. The van der Waals surface area contributed by atoms with Gasteiger partial charge < -0.3 is 5.11 Å². The first-order chi connectivity index (χ1) is 5.56. The Morgan fingerprint density at radius 3 is 2.00 bits per heavy atom. The second-order valence-electron chi connectivity index (χ2n) is 2.48. The number of rotatable bonds is 4. The summed E-state index contributed by atoms with van der Waals surface area (Å²) in [6.07, 6.45) is 3.73. The molecule has 0 heterocycles. The Bertz CT molecular complexity index is 116. The summed E-state index contributed by atoms with van der Waals surface area (Å²) < 4.78 is 0. The Kier molecular flexibility index (Phi) is 12.3. The van der Waals surface area contributed by atoms with E-state index in [1.807, 2.05) is 0 Å². The molecule has 0 aromatic heterocycles. The molecule has 12 heavy (non-hydrogen) atoms. The fraction of sp³-hybridized carbons (Fsp3) is 0.667. The maximum Gasteiger partial charge on any atom is 0.330 e. The normalized spacial score (nSPS) is 8.25. The molecule has 0 atom stereocenters. The smallest absolute Gasteiger partial charge is 0.330 e. The van der Waals surface area contributed by atoms with Crippen molar-refractivity contribution in [2.75, 3.05) is 5.88 Å². The van der Waals surface area contributed by atoms with Crippen LogP contribution in [0.3, 0.4) is 0 Å². The number of carbonyl (C=O) groups is 1.